The Morgan fingerprint density at radius 2 is 1.67 bits per heavy atom. The molecule has 0 saturated heterocycles. The lowest BCUT2D eigenvalue weighted by atomic mass is 10.1. The van der Waals surface area contributed by atoms with E-state index in [1.54, 1.807) is 37.3 Å². The smallest absolute Gasteiger partial charge is 0.208 e. The molecule has 1 atom stereocenters. The minimum Gasteiger partial charge on any atom is -0.208 e. The fraction of sp³-hybridized carbons (Fsp3) is 0.125. The van der Waals surface area contributed by atoms with E-state index < -0.39 is 21.9 Å². The van der Waals surface area contributed by atoms with Crippen LogP contribution in [0.25, 0.3) is 6.08 Å². The van der Waals surface area contributed by atoms with Gasteiger partial charge in [0, 0.05) is 17.0 Å². The van der Waals surface area contributed by atoms with Crippen molar-refractivity contribution < 1.29 is 12.8 Å². The molecule has 2 aromatic rings. The average molecular weight is 305 g/mol. The summed E-state index contributed by atoms with van der Waals surface area (Å²) in [4.78, 5) is 0. The van der Waals surface area contributed by atoms with Crippen molar-refractivity contribution in [3.63, 3.8) is 0 Å². The largest absolute Gasteiger partial charge is 0.234 e. The van der Waals surface area contributed by atoms with E-state index in [-0.39, 0.29) is 0 Å². The van der Waals surface area contributed by atoms with Crippen molar-refractivity contribution in [3.05, 3.63) is 76.9 Å². The number of sulfonamides is 1. The molecule has 0 bridgehead atoms. The van der Waals surface area contributed by atoms with Crippen LogP contribution in [0.2, 0.25) is 0 Å². The van der Waals surface area contributed by atoms with Crippen LogP contribution >= 0.6 is 0 Å². The summed E-state index contributed by atoms with van der Waals surface area (Å²) < 4.78 is 40.0. The second-order valence-corrected chi connectivity index (χ2v) is 6.22. The molecule has 0 amide bonds. The molecule has 0 saturated carbocycles. The standard InChI is InChI=1S/C16H16FNO2S/c1-13(15-9-5-6-10-16(15)17)18-21(19,20)12-11-14-7-3-2-4-8-14/h2-13,18H,1H3/b12-11+. The molecule has 0 spiro atoms. The first-order valence-corrected chi connectivity index (χ1v) is 8.02. The zero-order valence-corrected chi connectivity index (χ0v) is 12.3. The number of nitrogens with one attached hydrogen (secondary N) is 1. The average Bonchev–Trinajstić information content (AvgIpc) is 2.46. The van der Waals surface area contributed by atoms with E-state index in [0.29, 0.717) is 5.56 Å². The molecular weight excluding hydrogens is 289 g/mol. The lowest BCUT2D eigenvalue weighted by Crippen LogP contribution is -2.25. The van der Waals surface area contributed by atoms with Crippen LogP contribution in [0, 0.1) is 5.82 Å². The van der Waals surface area contributed by atoms with Crippen LogP contribution in [-0.2, 0) is 10.0 Å². The molecule has 0 heterocycles. The minimum absolute atomic E-state index is 0.314. The van der Waals surface area contributed by atoms with Gasteiger partial charge in [0.15, 0.2) is 0 Å². The van der Waals surface area contributed by atoms with Gasteiger partial charge in [-0.25, -0.2) is 17.5 Å². The molecule has 0 radical (unpaired) electrons. The van der Waals surface area contributed by atoms with Gasteiger partial charge in [0.25, 0.3) is 0 Å². The molecule has 21 heavy (non-hydrogen) atoms. The molecule has 0 aliphatic carbocycles. The van der Waals surface area contributed by atoms with Gasteiger partial charge in [0.2, 0.25) is 10.0 Å². The summed E-state index contributed by atoms with van der Waals surface area (Å²) in [5.74, 6) is -0.431. The van der Waals surface area contributed by atoms with E-state index in [0.717, 1.165) is 11.0 Å². The molecule has 0 aliphatic rings. The van der Waals surface area contributed by atoms with Crippen molar-refractivity contribution >= 4 is 16.1 Å². The van der Waals surface area contributed by atoms with E-state index in [9.17, 15) is 12.8 Å². The maximum Gasteiger partial charge on any atom is 0.234 e. The molecule has 2 rings (SSSR count). The Bertz CT molecular complexity index is 727. The highest BCUT2D eigenvalue weighted by molar-refractivity contribution is 7.92. The van der Waals surface area contributed by atoms with Crippen molar-refractivity contribution in [2.75, 3.05) is 0 Å². The summed E-state index contributed by atoms with van der Waals surface area (Å²) in [6, 6.07) is 14.5. The van der Waals surface area contributed by atoms with Crippen molar-refractivity contribution in [2.45, 2.75) is 13.0 Å². The zero-order valence-electron chi connectivity index (χ0n) is 11.5. The topological polar surface area (TPSA) is 46.2 Å². The van der Waals surface area contributed by atoms with Gasteiger partial charge in [-0.1, -0.05) is 48.5 Å². The summed E-state index contributed by atoms with van der Waals surface area (Å²) in [7, 11) is -3.64. The Labute approximate surface area is 124 Å². The molecule has 3 nitrogen and oxygen atoms in total. The molecule has 110 valence electrons. The molecular formula is C16H16FNO2S. The maximum atomic E-state index is 13.6. The van der Waals surface area contributed by atoms with E-state index in [4.69, 9.17) is 0 Å². The quantitative estimate of drug-likeness (QED) is 0.919. The van der Waals surface area contributed by atoms with Crippen molar-refractivity contribution in [1.29, 1.82) is 0 Å². The van der Waals surface area contributed by atoms with E-state index >= 15 is 0 Å². The van der Waals surface area contributed by atoms with Crippen LogP contribution < -0.4 is 4.72 Å². The highest BCUT2D eigenvalue weighted by atomic mass is 32.2. The number of halogens is 1. The Morgan fingerprint density at radius 3 is 2.33 bits per heavy atom. The molecule has 1 N–H and O–H groups in total. The summed E-state index contributed by atoms with van der Waals surface area (Å²) in [6.45, 7) is 1.60. The Kier molecular flexibility index (Phi) is 4.88. The summed E-state index contributed by atoms with van der Waals surface area (Å²) in [5.41, 5.74) is 1.09. The van der Waals surface area contributed by atoms with Gasteiger partial charge in [-0.05, 0) is 24.6 Å². The number of benzene rings is 2. The number of hydrogen-bond acceptors (Lipinski definition) is 2. The van der Waals surface area contributed by atoms with Gasteiger partial charge < -0.3 is 0 Å². The fourth-order valence-corrected chi connectivity index (χ4v) is 2.94. The van der Waals surface area contributed by atoms with E-state index in [1.807, 2.05) is 18.2 Å². The molecule has 5 heteroatoms. The normalized spacial score (nSPS) is 13.4. The second kappa shape index (κ2) is 6.65. The van der Waals surface area contributed by atoms with Gasteiger partial charge in [-0.3, -0.25) is 0 Å². The molecule has 0 fully saturated rings. The zero-order chi connectivity index (χ0) is 15.3. The predicted molar refractivity (Wildman–Crippen MR) is 82.3 cm³/mol. The number of hydrogen-bond donors (Lipinski definition) is 1. The van der Waals surface area contributed by atoms with Gasteiger partial charge in [0.05, 0.1) is 0 Å². The first-order chi connectivity index (χ1) is 9.98. The molecule has 1 unspecified atom stereocenters. The molecule has 2 aromatic carbocycles. The van der Waals surface area contributed by atoms with Crippen molar-refractivity contribution in [1.82, 2.24) is 4.72 Å². The van der Waals surface area contributed by atoms with Crippen molar-refractivity contribution in [2.24, 2.45) is 0 Å². The molecule has 0 aromatic heterocycles. The number of rotatable bonds is 5. The van der Waals surface area contributed by atoms with E-state index in [2.05, 4.69) is 4.72 Å². The Hall–Kier alpha value is -1.98. The summed E-state index contributed by atoms with van der Waals surface area (Å²) in [6.07, 6.45) is 1.50. The van der Waals surface area contributed by atoms with Crippen molar-refractivity contribution in [3.8, 4) is 0 Å². The van der Waals surface area contributed by atoms with Crippen LogP contribution in [-0.4, -0.2) is 8.42 Å². The van der Waals surface area contributed by atoms with Crippen LogP contribution in [0.1, 0.15) is 24.1 Å². The van der Waals surface area contributed by atoms with Crippen LogP contribution in [0.5, 0.6) is 0 Å². The Balaban J connectivity index is 2.11. The van der Waals surface area contributed by atoms with Gasteiger partial charge in [0.1, 0.15) is 5.82 Å². The SMILES string of the molecule is CC(NS(=O)(=O)/C=C/c1ccccc1)c1ccccc1F. The van der Waals surface area contributed by atoms with Crippen LogP contribution in [0.4, 0.5) is 4.39 Å². The lowest BCUT2D eigenvalue weighted by molar-refractivity contribution is 0.556. The van der Waals surface area contributed by atoms with Crippen LogP contribution in [0.15, 0.2) is 60.0 Å². The highest BCUT2D eigenvalue weighted by Crippen LogP contribution is 2.17. The van der Waals surface area contributed by atoms with Gasteiger partial charge >= 0.3 is 0 Å². The van der Waals surface area contributed by atoms with E-state index in [1.165, 1.54) is 12.1 Å². The summed E-state index contributed by atoms with van der Waals surface area (Å²) in [5, 5.41) is 1.08. The van der Waals surface area contributed by atoms with Crippen LogP contribution in [0.3, 0.4) is 0 Å². The van der Waals surface area contributed by atoms with Gasteiger partial charge in [-0.15, -0.1) is 0 Å². The Morgan fingerprint density at radius 1 is 1.05 bits per heavy atom. The highest BCUT2D eigenvalue weighted by Gasteiger charge is 2.15. The predicted octanol–water partition coefficient (Wildman–Crippen LogP) is 3.48. The minimum atomic E-state index is -3.64. The first kappa shape index (κ1) is 15.4. The lowest BCUT2D eigenvalue weighted by Gasteiger charge is -2.13. The third-order valence-corrected chi connectivity index (χ3v) is 4.13. The summed E-state index contributed by atoms with van der Waals surface area (Å²) >= 11 is 0. The molecule has 0 aliphatic heterocycles. The first-order valence-electron chi connectivity index (χ1n) is 6.48. The fourth-order valence-electron chi connectivity index (χ4n) is 1.91. The third-order valence-electron chi connectivity index (χ3n) is 2.95. The van der Waals surface area contributed by atoms with Gasteiger partial charge in [-0.2, -0.15) is 0 Å². The maximum absolute atomic E-state index is 13.6. The monoisotopic (exact) mass is 305 g/mol. The second-order valence-electron chi connectivity index (χ2n) is 4.62. The third kappa shape index (κ3) is 4.51.